The summed E-state index contributed by atoms with van der Waals surface area (Å²) >= 11 is 0. The Bertz CT molecular complexity index is 372. The largest absolute Gasteiger partial charge is 0.486 e. The quantitative estimate of drug-likeness (QED) is 0.851. The van der Waals surface area contributed by atoms with Crippen molar-refractivity contribution >= 4 is 0 Å². The fraction of sp³-hybridized carbons (Fsp3) is 0.538. The summed E-state index contributed by atoms with van der Waals surface area (Å²) in [5, 5.41) is 9.06. The lowest BCUT2D eigenvalue weighted by Gasteiger charge is -2.22. The van der Waals surface area contributed by atoms with Gasteiger partial charge in [-0.3, -0.25) is 0 Å². The summed E-state index contributed by atoms with van der Waals surface area (Å²) in [5.41, 5.74) is 2.39. The first-order valence-electron chi connectivity index (χ1n) is 5.75. The lowest BCUT2D eigenvalue weighted by atomic mass is 9.94. The first kappa shape index (κ1) is 11.3. The van der Waals surface area contributed by atoms with E-state index in [0.29, 0.717) is 25.6 Å². The molecule has 1 aliphatic rings. The first-order valence-corrected chi connectivity index (χ1v) is 5.75. The van der Waals surface area contributed by atoms with Crippen molar-refractivity contribution in [2.75, 3.05) is 19.8 Å². The van der Waals surface area contributed by atoms with E-state index in [1.165, 1.54) is 5.56 Å². The summed E-state index contributed by atoms with van der Waals surface area (Å²) in [7, 11) is 0. The molecule has 3 heteroatoms. The molecular weight excluding hydrogens is 204 g/mol. The molecule has 0 aromatic heterocycles. The molecule has 0 atom stereocenters. The minimum atomic E-state index is 0.166. The van der Waals surface area contributed by atoms with E-state index >= 15 is 0 Å². The zero-order chi connectivity index (χ0) is 11.5. The standard InChI is InChI=1S/C13H18O3/c1-9(2)11-8-13-12(15-5-6-16-13)7-10(11)3-4-14/h7-9,14H,3-6H2,1-2H3. The van der Waals surface area contributed by atoms with Crippen LogP contribution in [-0.2, 0) is 6.42 Å². The molecule has 0 saturated carbocycles. The molecule has 0 spiro atoms. The molecule has 0 fully saturated rings. The van der Waals surface area contributed by atoms with Crippen molar-refractivity contribution < 1.29 is 14.6 Å². The molecule has 1 heterocycles. The van der Waals surface area contributed by atoms with Crippen molar-refractivity contribution in [2.45, 2.75) is 26.2 Å². The maximum Gasteiger partial charge on any atom is 0.161 e. The van der Waals surface area contributed by atoms with Crippen LogP contribution in [0.1, 0.15) is 30.9 Å². The highest BCUT2D eigenvalue weighted by Gasteiger charge is 2.16. The van der Waals surface area contributed by atoms with Crippen LogP contribution < -0.4 is 9.47 Å². The highest BCUT2D eigenvalue weighted by atomic mass is 16.6. The number of rotatable bonds is 3. The Morgan fingerprint density at radius 2 is 1.81 bits per heavy atom. The third-order valence-electron chi connectivity index (χ3n) is 2.81. The molecule has 0 aliphatic carbocycles. The summed E-state index contributed by atoms with van der Waals surface area (Å²) < 4.78 is 11.1. The molecule has 2 rings (SSSR count). The highest BCUT2D eigenvalue weighted by molar-refractivity contribution is 5.49. The van der Waals surface area contributed by atoms with Crippen LogP contribution in [0.2, 0.25) is 0 Å². The summed E-state index contributed by atoms with van der Waals surface area (Å²) in [6.07, 6.45) is 0.671. The molecule has 0 bridgehead atoms. The number of fused-ring (bicyclic) bond motifs is 1. The van der Waals surface area contributed by atoms with E-state index in [2.05, 4.69) is 13.8 Å². The Morgan fingerprint density at radius 1 is 1.19 bits per heavy atom. The minimum Gasteiger partial charge on any atom is -0.486 e. The van der Waals surface area contributed by atoms with Gasteiger partial charge < -0.3 is 14.6 Å². The monoisotopic (exact) mass is 222 g/mol. The Labute approximate surface area is 96.0 Å². The Morgan fingerprint density at radius 3 is 2.38 bits per heavy atom. The van der Waals surface area contributed by atoms with E-state index in [1.807, 2.05) is 12.1 Å². The normalized spacial score (nSPS) is 14.2. The molecular formula is C13H18O3. The van der Waals surface area contributed by atoms with E-state index in [0.717, 1.165) is 17.1 Å². The van der Waals surface area contributed by atoms with Gasteiger partial charge in [0, 0.05) is 6.61 Å². The average molecular weight is 222 g/mol. The molecule has 1 N–H and O–H groups in total. The highest BCUT2D eigenvalue weighted by Crippen LogP contribution is 2.35. The van der Waals surface area contributed by atoms with Crippen LogP contribution in [0.3, 0.4) is 0 Å². The second kappa shape index (κ2) is 4.74. The SMILES string of the molecule is CC(C)c1cc2c(cc1CCO)OCCO2. The predicted molar refractivity (Wildman–Crippen MR) is 62.3 cm³/mol. The smallest absolute Gasteiger partial charge is 0.161 e. The lowest BCUT2D eigenvalue weighted by Crippen LogP contribution is -2.16. The van der Waals surface area contributed by atoms with Crippen LogP contribution in [0.25, 0.3) is 0 Å². The van der Waals surface area contributed by atoms with Gasteiger partial charge in [-0.05, 0) is 35.6 Å². The van der Waals surface area contributed by atoms with E-state index < -0.39 is 0 Å². The number of hydrogen-bond acceptors (Lipinski definition) is 3. The van der Waals surface area contributed by atoms with Crippen LogP contribution in [0.4, 0.5) is 0 Å². The Kier molecular flexibility index (Phi) is 3.34. The molecule has 0 unspecified atom stereocenters. The van der Waals surface area contributed by atoms with Gasteiger partial charge in [-0.25, -0.2) is 0 Å². The van der Waals surface area contributed by atoms with Crippen LogP contribution >= 0.6 is 0 Å². The zero-order valence-electron chi connectivity index (χ0n) is 9.82. The van der Waals surface area contributed by atoms with Gasteiger partial charge in [0.2, 0.25) is 0 Å². The Hall–Kier alpha value is -1.22. The minimum absolute atomic E-state index is 0.166. The Balaban J connectivity index is 2.41. The van der Waals surface area contributed by atoms with Gasteiger partial charge in [-0.1, -0.05) is 13.8 Å². The molecule has 1 aliphatic heterocycles. The summed E-state index contributed by atoms with van der Waals surface area (Å²) in [5.74, 6) is 2.06. The van der Waals surface area contributed by atoms with Crippen molar-refractivity contribution in [2.24, 2.45) is 0 Å². The van der Waals surface area contributed by atoms with Gasteiger partial charge in [-0.15, -0.1) is 0 Å². The topological polar surface area (TPSA) is 38.7 Å². The summed E-state index contributed by atoms with van der Waals surface area (Å²) in [6, 6.07) is 4.05. The number of benzene rings is 1. The van der Waals surface area contributed by atoms with Gasteiger partial charge >= 0.3 is 0 Å². The van der Waals surface area contributed by atoms with Gasteiger partial charge in [0.25, 0.3) is 0 Å². The van der Waals surface area contributed by atoms with Crippen molar-refractivity contribution in [3.05, 3.63) is 23.3 Å². The van der Waals surface area contributed by atoms with Crippen LogP contribution in [0, 0.1) is 0 Å². The van der Waals surface area contributed by atoms with Crippen molar-refractivity contribution in [1.29, 1.82) is 0 Å². The van der Waals surface area contributed by atoms with Crippen molar-refractivity contribution in [3.63, 3.8) is 0 Å². The van der Waals surface area contributed by atoms with E-state index in [9.17, 15) is 0 Å². The number of aliphatic hydroxyl groups is 1. The second-order valence-corrected chi connectivity index (χ2v) is 4.32. The molecule has 1 aromatic carbocycles. The molecule has 0 radical (unpaired) electrons. The van der Waals surface area contributed by atoms with Crippen LogP contribution in [0.5, 0.6) is 11.5 Å². The summed E-state index contributed by atoms with van der Waals surface area (Å²) in [6.45, 7) is 5.68. The average Bonchev–Trinajstić information content (AvgIpc) is 2.28. The van der Waals surface area contributed by atoms with Gasteiger partial charge in [0.15, 0.2) is 11.5 Å². The zero-order valence-corrected chi connectivity index (χ0v) is 9.82. The molecule has 16 heavy (non-hydrogen) atoms. The fourth-order valence-electron chi connectivity index (χ4n) is 2.02. The predicted octanol–water partition coefficient (Wildman–Crippen LogP) is 2.12. The molecule has 88 valence electrons. The second-order valence-electron chi connectivity index (χ2n) is 4.32. The van der Waals surface area contributed by atoms with Crippen LogP contribution in [-0.4, -0.2) is 24.9 Å². The van der Waals surface area contributed by atoms with Gasteiger partial charge in [0.1, 0.15) is 13.2 Å². The maximum atomic E-state index is 9.06. The third kappa shape index (κ3) is 2.14. The lowest BCUT2D eigenvalue weighted by molar-refractivity contribution is 0.171. The maximum absolute atomic E-state index is 9.06. The molecule has 0 amide bonds. The van der Waals surface area contributed by atoms with E-state index in [4.69, 9.17) is 14.6 Å². The molecule has 1 aromatic rings. The number of ether oxygens (including phenoxy) is 2. The van der Waals surface area contributed by atoms with Gasteiger partial charge in [0.05, 0.1) is 0 Å². The summed E-state index contributed by atoms with van der Waals surface area (Å²) in [4.78, 5) is 0. The number of aliphatic hydroxyl groups excluding tert-OH is 1. The van der Waals surface area contributed by atoms with Crippen LogP contribution in [0.15, 0.2) is 12.1 Å². The van der Waals surface area contributed by atoms with Crippen molar-refractivity contribution in [1.82, 2.24) is 0 Å². The number of hydrogen-bond donors (Lipinski definition) is 1. The van der Waals surface area contributed by atoms with Crippen molar-refractivity contribution in [3.8, 4) is 11.5 Å². The van der Waals surface area contributed by atoms with E-state index in [1.54, 1.807) is 0 Å². The fourth-order valence-corrected chi connectivity index (χ4v) is 2.02. The van der Waals surface area contributed by atoms with Gasteiger partial charge in [-0.2, -0.15) is 0 Å². The van der Waals surface area contributed by atoms with E-state index in [-0.39, 0.29) is 6.61 Å². The third-order valence-corrected chi connectivity index (χ3v) is 2.81. The molecule has 0 saturated heterocycles. The first-order chi connectivity index (χ1) is 7.72. The molecule has 3 nitrogen and oxygen atoms in total.